The Morgan fingerprint density at radius 1 is 1.20 bits per heavy atom. The molecule has 1 heterocycles. The number of nitrogens with zero attached hydrogens (tertiary/aromatic N) is 2. The molecule has 0 spiro atoms. The van der Waals surface area contributed by atoms with Crippen LogP contribution in [-0.2, 0) is 27.3 Å². The lowest BCUT2D eigenvalue weighted by atomic mass is 10.2. The quantitative estimate of drug-likeness (QED) is 0.481. The fourth-order valence-corrected chi connectivity index (χ4v) is 3.91. The molecule has 3 aromatic rings. The summed E-state index contributed by atoms with van der Waals surface area (Å²) in [5.41, 5.74) is 1.54. The van der Waals surface area contributed by atoms with E-state index in [1.165, 1.54) is 24.1 Å². The number of ether oxygens (including phenoxy) is 2. The molecule has 8 heteroatoms. The average Bonchev–Trinajstić information content (AvgIpc) is 3.17. The smallest absolute Gasteiger partial charge is 0.306 e. The first-order valence-electron chi connectivity index (χ1n) is 9.60. The van der Waals surface area contributed by atoms with E-state index in [9.17, 15) is 14.0 Å². The molecule has 0 atom stereocenters. The first-order chi connectivity index (χ1) is 14.5. The van der Waals surface area contributed by atoms with Gasteiger partial charge >= 0.3 is 5.97 Å². The second kappa shape index (κ2) is 10.2. The van der Waals surface area contributed by atoms with Crippen molar-refractivity contribution >= 4 is 33.4 Å². The summed E-state index contributed by atoms with van der Waals surface area (Å²) in [4.78, 5) is 30.4. The summed E-state index contributed by atoms with van der Waals surface area (Å²) >= 11 is 1.54. The van der Waals surface area contributed by atoms with Crippen molar-refractivity contribution in [2.75, 3.05) is 20.3 Å². The number of thiazole rings is 1. The summed E-state index contributed by atoms with van der Waals surface area (Å²) in [6.07, 6.45) is 0.623. The SMILES string of the molecule is CCN(Cc1ccc(OC)c(F)c1)C(=O)COC(=O)CCc1nc2ccccc2s1. The van der Waals surface area contributed by atoms with Crippen molar-refractivity contribution in [2.24, 2.45) is 0 Å². The molecular weight excluding hydrogens is 407 g/mol. The zero-order valence-corrected chi connectivity index (χ0v) is 17.7. The van der Waals surface area contributed by atoms with Crippen LogP contribution in [0.15, 0.2) is 42.5 Å². The number of benzene rings is 2. The minimum atomic E-state index is -0.486. The number of fused-ring (bicyclic) bond motifs is 1. The van der Waals surface area contributed by atoms with Crippen LogP contribution in [0.1, 0.15) is 23.9 Å². The van der Waals surface area contributed by atoms with Gasteiger partial charge in [-0.2, -0.15) is 0 Å². The van der Waals surface area contributed by atoms with Gasteiger partial charge in [0.05, 0.1) is 28.8 Å². The summed E-state index contributed by atoms with van der Waals surface area (Å²) in [5, 5.41) is 0.858. The van der Waals surface area contributed by atoms with Crippen LogP contribution in [0.5, 0.6) is 5.75 Å². The van der Waals surface area contributed by atoms with Gasteiger partial charge < -0.3 is 14.4 Å². The number of hydrogen-bond donors (Lipinski definition) is 0. The van der Waals surface area contributed by atoms with Crippen LogP contribution in [0.4, 0.5) is 4.39 Å². The van der Waals surface area contributed by atoms with Gasteiger partial charge in [-0.3, -0.25) is 9.59 Å². The third-order valence-electron chi connectivity index (χ3n) is 4.56. The number of likely N-dealkylation sites (N-methyl/N-ethyl adjacent to an activating group) is 1. The molecule has 0 saturated heterocycles. The number of para-hydroxylation sites is 1. The van der Waals surface area contributed by atoms with E-state index in [1.807, 2.05) is 31.2 Å². The van der Waals surface area contributed by atoms with E-state index in [0.29, 0.717) is 18.5 Å². The van der Waals surface area contributed by atoms with Crippen molar-refractivity contribution in [3.63, 3.8) is 0 Å². The van der Waals surface area contributed by atoms with Crippen molar-refractivity contribution in [3.8, 4) is 5.75 Å². The topological polar surface area (TPSA) is 68.7 Å². The molecule has 30 heavy (non-hydrogen) atoms. The molecule has 0 saturated carbocycles. The summed E-state index contributed by atoms with van der Waals surface area (Å²) < 4.78 is 25.0. The zero-order valence-electron chi connectivity index (χ0n) is 16.9. The molecule has 0 aliphatic rings. The highest BCUT2D eigenvalue weighted by Gasteiger charge is 2.16. The number of aryl methyl sites for hydroxylation is 1. The second-order valence-corrected chi connectivity index (χ2v) is 7.73. The highest BCUT2D eigenvalue weighted by Crippen LogP contribution is 2.22. The molecule has 3 rings (SSSR count). The number of carbonyl (C=O) groups excluding carboxylic acids is 2. The van der Waals surface area contributed by atoms with E-state index in [2.05, 4.69) is 4.98 Å². The maximum absolute atomic E-state index is 13.9. The maximum atomic E-state index is 13.9. The Morgan fingerprint density at radius 2 is 2.00 bits per heavy atom. The van der Waals surface area contributed by atoms with Gasteiger partial charge in [0.25, 0.3) is 5.91 Å². The van der Waals surface area contributed by atoms with Crippen LogP contribution in [0.25, 0.3) is 10.2 Å². The molecule has 0 bridgehead atoms. The zero-order chi connectivity index (χ0) is 21.5. The van der Waals surface area contributed by atoms with Gasteiger partial charge in [-0.1, -0.05) is 18.2 Å². The minimum Gasteiger partial charge on any atom is -0.494 e. The number of rotatable bonds is 9. The lowest BCUT2D eigenvalue weighted by Crippen LogP contribution is -2.34. The molecule has 0 aliphatic carbocycles. The van der Waals surface area contributed by atoms with Crippen molar-refractivity contribution in [3.05, 3.63) is 58.9 Å². The van der Waals surface area contributed by atoms with E-state index in [0.717, 1.165) is 15.2 Å². The lowest BCUT2D eigenvalue weighted by molar-refractivity contribution is -0.152. The van der Waals surface area contributed by atoms with Crippen LogP contribution in [0.3, 0.4) is 0 Å². The van der Waals surface area contributed by atoms with E-state index < -0.39 is 11.8 Å². The van der Waals surface area contributed by atoms with Crippen molar-refractivity contribution in [2.45, 2.75) is 26.3 Å². The third kappa shape index (κ3) is 5.54. The first-order valence-corrected chi connectivity index (χ1v) is 10.4. The summed E-state index contributed by atoms with van der Waals surface area (Å²) in [6.45, 7) is 2.10. The van der Waals surface area contributed by atoms with Crippen molar-refractivity contribution < 1.29 is 23.5 Å². The number of aromatic nitrogens is 1. The Balaban J connectivity index is 1.47. The second-order valence-electron chi connectivity index (χ2n) is 6.61. The summed E-state index contributed by atoms with van der Waals surface area (Å²) in [5.74, 6) is -1.12. The number of halogens is 1. The van der Waals surface area contributed by atoms with Crippen LogP contribution in [0.2, 0.25) is 0 Å². The molecule has 1 amide bonds. The minimum absolute atomic E-state index is 0.148. The Morgan fingerprint density at radius 3 is 2.70 bits per heavy atom. The number of carbonyl (C=O) groups is 2. The molecule has 0 radical (unpaired) electrons. The van der Waals surface area contributed by atoms with Gasteiger partial charge in [-0.15, -0.1) is 11.3 Å². The predicted molar refractivity (Wildman–Crippen MR) is 113 cm³/mol. The number of amides is 1. The van der Waals surface area contributed by atoms with E-state index in [4.69, 9.17) is 9.47 Å². The fraction of sp³-hybridized carbons (Fsp3) is 0.318. The maximum Gasteiger partial charge on any atom is 0.306 e. The standard InChI is InChI=1S/C22H23FN2O4S/c1-3-25(13-15-8-9-18(28-2)16(23)12-15)21(26)14-29-22(27)11-10-20-24-17-6-4-5-7-19(17)30-20/h4-9,12H,3,10-11,13-14H2,1-2H3. The normalized spacial score (nSPS) is 10.8. The van der Waals surface area contributed by atoms with Crippen LogP contribution in [0, 0.1) is 5.82 Å². The first kappa shape index (κ1) is 21.7. The Labute approximate surface area is 178 Å². The largest absolute Gasteiger partial charge is 0.494 e. The van der Waals surface area contributed by atoms with Gasteiger partial charge in [0.1, 0.15) is 0 Å². The van der Waals surface area contributed by atoms with Gasteiger partial charge in [-0.25, -0.2) is 9.37 Å². The Hall–Kier alpha value is -3.00. The van der Waals surface area contributed by atoms with Gasteiger partial charge in [0.15, 0.2) is 18.2 Å². The van der Waals surface area contributed by atoms with Crippen molar-refractivity contribution in [1.82, 2.24) is 9.88 Å². The Kier molecular flexibility index (Phi) is 7.35. The van der Waals surface area contributed by atoms with E-state index >= 15 is 0 Å². The van der Waals surface area contributed by atoms with Gasteiger partial charge in [0.2, 0.25) is 0 Å². The molecule has 0 N–H and O–H groups in total. The highest BCUT2D eigenvalue weighted by molar-refractivity contribution is 7.18. The molecule has 0 fully saturated rings. The number of methoxy groups -OCH3 is 1. The molecule has 2 aromatic carbocycles. The van der Waals surface area contributed by atoms with E-state index in [-0.39, 0.29) is 31.2 Å². The third-order valence-corrected chi connectivity index (χ3v) is 5.66. The molecule has 0 unspecified atom stereocenters. The number of esters is 1. The molecule has 1 aromatic heterocycles. The average molecular weight is 431 g/mol. The predicted octanol–water partition coefficient (Wildman–Crippen LogP) is 3.97. The monoisotopic (exact) mass is 430 g/mol. The van der Waals surface area contributed by atoms with Gasteiger partial charge in [-0.05, 0) is 36.8 Å². The Bertz CT molecular complexity index is 1000. The molecule has 6 nitrogen and oxygen atoms in total. The van der Waals surface area contributed by atoms with Crippen LogP contribution in [-0.4, -0.2) is 42.0 Å². The number of hydrogen-bond acceptors (Lipinski definition) is 6. The summed E-state index contributed by atoms with van der Waals surface area (Å²) in [6, 6.07) is 12.3. The van der Waals surface area contributed by atoms with Gasteiger partial charge in [0, 0.05) is 19.5 Å². The van der Waals surface area contributed by atoms with E-state index in [1.54, 1.807) is 17.4 Å². The van der Waals surface area contributed by atoms with Crippen LogP contribution >= 0.6 is 11.3 Å². The van der Waals surface area contributed by atoms with Crippen molar-refractivity contribution in [1.29, 1.82) is 0 Å². The van der Waals surface area contributed by atoms with Crippen LogP contribution < -0.4 is 4.74 Å². The lowest BCUT2D eigenvalue weighted by Gasteiger charge is -2.21. The molecule has 158 valence electrons. The molecule has 0 aliphatic heterocycles. The molecular formula is C22H23FN2O4S. The fourth-order valence-electron chi connectivity index (χ4n) is 2.95. The summed E-state index contributed by atoms with van der Waals surface area (Å²) in [7, 11) is 1.39. The highest BCUT2D eigenvalue weighted by atomic mass is 32.1.